The fourth-order valence-electron chi connectivity index (χ4n) is 5.84. The number of carbonyl (C=O) groups excluding carboxylic acids is 2. The van der Waals surface area contributed by atoms with E-state index in [9.17, 15) is 9.59 Å². The van der Waals surface area contributed by atoms with Crippen molar-refractivity contribution in [1.29, 1.82) is 0 Å². The largest absolute Gasteiger partial charge is 0.445 e. The van der Waals surface area contributed by atoms with Gasteiger partial charge in [-0.15, -0.1) is 0 Å². The second kappa shape index (κ2) is 34.7. The number of benzene rings is 1. The molecule has 0 saturated heterocycles. The van der Waals surface area contributed by atoms with Crippen molar-refractivity contribution in [1.82, 2.24) is 10.6 Å². The number of ether oxygens (including phenoxy) is 3. The summed E-state index contributed by atoms with van der Waals surface area (Å²) < 4.78 is 17.3. The molecule has 1 rings (SSSR count). The molecule has 48 heavy (non-hydrogen) atoms. The molecule has 1 unspecified atom stereocenters. The van der Waals surface area contributed by atoms with Crippen molar-refractivity contribution < 1.29 is 23.8 Å². The lowest BCUT2D eigenvalue weighted by Gasteiger charge is -2.19. The minimum absolute atomic E-state index is 0.140. The molecule has 1 atom stereocenters. The molecule has 0 radical (unpaired) electrons. The van der Waals surface area contributed by atoms with Gasteiger partial charge in [-0.3, -0.25) is 4.79 Å². The molecule has 0 heterocycles. The van der Waals surface area contributed by atoms with Gasteiger partial charge in [0, 0.05) is 19.8 Å². The van der Waals surface area contributed by atoms with E-state index in [1.807, 2.05) is 30.3 Å². The topological polar surface area (TPSA) is 85.9 Å². The molecule has 7 nitrogen and oxygen atoms in total. The summed E-state index contributed by atoms with van der Waals surface area (Å²) in [7, 11) is 0. The Hall–Kier alpha value is -2.12. The smallest absolute Gasteiger partial charge is 0.407 e. The maximum atomic E-state index is 12.4. The van der Waals surface area contributed by atoms with Crippen LogP contribution in [0.4, 0.5) is 4.79 Å². The Morgan fingerprint density at radius 3 is 1.54 bits per heavy atom. The molecule has 0 fully saturated rings. The van der Waals surface area contributed by atoms with E-state index in [0.29, 0.717) is 19.8 Å². The molecule has 2 amide bonds. The van der Waals surface area contributed by atoms with Crippen LogP contribution in [0.3, 0.4) is 0 Å². The fourth-order valence-corrected chi connectivity index (χ4v) is 5.84. The lowest BCUT2D eigenvalue weighted by Crippen LogP contribution is -2.42. The van der Waals surface area contributed by atoms with Crippen molar-refractivity contribution in [3.63, 3.8) is 0 Å². The second-order valence-corrected chi connectivity index (χ2v) is 13.6. The van der Waals surface area contributed by atoms with E-state index in [0.717, 1.165) is 25.0 Å². The minimum atomic E-state index is -0.612. The SMILES string of the molecule is CCCCCCCCCCCCCCOCC(CNC(=O)CNC(=O)OCc1ccccc1)OCCCCCCCCCCCCCC. The number of amides is 2. The minimum Gasteiger partial charge on any atom is -0.445 e. The van der Waals surface area contributed by atoms with Gasteiger partial charge < -0.3 is 24.8 Å². The third-order valence-corrected chi connectivity index (χ3v) is 8.93. The maximum Gasteiger partial charge on any atom is 0.407 e. The molecule has 1 aromatic carbocycles. The third-order valence-electron chi connectivity index (χ3n) is 8.93. The Kier molecular flexibility index (Phi) is 31.8. The summed E-state index contributed by atoms with van der Waals surface area (Å²) in [6.45, 7) is 6.78. The summed E-state index contributed by atoms with van der Waals surface area (Å²) in [5, 5.41) is 5.42. The van der Waals surface area contributed by atoms with Gasteiger partial charge in [-0.2, -0.15) is 0 Å². The number of hydrogen-bond acceptors (Lipinski definition) is 5. The number of alkyl carbamates (subject to hydrolysis) is 1. The molecule has 278 valence electrons. The van der Waals surface area contributed by atoms with E-state index in [1.165, 1.54) is 141 Å². The van der Waals surface area contributed by atoms with Crippen LogP contribution in [0.5, 0.6) is 0 Å². The predicted octanol–water partition coefficient (Wildman–Crippen LogP) is 10.8. The molecule has 0 aliphatic heterocycles. The molecule has 0 aliphatic rings. The van der Waals surface area contributed by atoms with Gasteiger partial charge in [0.1, 0.15) is 6.61 Å². The van der Waals surface area contributed by atoms with Crippen molar-refractivity contribution >= 4 is 12.0 Å². The van der Waals surface area contributed by atoms with Crippen LogP contribution in [0, 0.1) is 0 Å². The lowest BCUT2D eigenvalue weighted by atomic mass is 10.1. The van der Waals surface area contributed by atoms with E-state index in [2.05, 4.69) is 24.5 Å². The summed E-state index contributed by atoms with van der Waals surface area (Å²) in [6.07, 6.45) is 30.8. The van der Waals surface area contributed by atoms with Gasteiger partial charge in [-0.25, -0.2) is 4.79 Å². The number of hydrogen-bond donors (Lipinski definition) is 2. The first-order valence-electron chi connectivity index (χ1n) is 20.1. The van der Waals surface area contributed by atoms with Crippen molar-refractivity contribution in [3.05, 3.63) is 35.9 Å². The number of nitrogens with one attached hydrogen (secondary N) is 2. The van der Waals surface area contributed by atoms with E-state index in [1.54, 1.807) is 0 Å². The normalized spacial score (nSPS) is 11.8. The van der Waals surface area contributed by atoms with Gasteiger partial charge in [-0.05, 0) is 18.4 Å². The van der Waals surface area contributed by atoms with Gasteiger partial charge in [0.05, 0.1) is 19.3 Å². The highest BCUT2D eigenvalue weighted by Gasteiger charge is 2.13. The number of unbranched alkanes of at least 4 members (excludes halogenated alkanes) is 22. The summed E-state index contributed by atoms with van der Waals surface area (Å²) in [5.74, 6) is -0.272. The molecule has 0 bridgehead atoms. The van der Waals surface area contributed by atoms with Gasteiger partial charge in [0.15, 0.2) is 0 Å². The van der Waals surface area contributed by atoms with Crippen LogP contribution in [-0.4, -0.2) is 51.0 Å². The van der Waals surface area contributed by atoms with E-state index in [4.69, 9.17) is 14.2 Å². The predicted molar refractivity (Wildman–Crippen MR) is 200 cm³/mol. The summed E-state index contributed by atoms with van der Waals surface area (Å²) in [4.78, 5) is 24.4. The summed E-state index contributed by atoms with van der Waals surface area (Å²) in [5.41, 5.74) is 0.897. The highest BCUT2D eigenvalue weighted by Crippen LogP contribution is 2.13. The van der Waals surface area contributed by atoms with E-state index >= 15 is 0 Å². The van der Waals surface area contributed by atoms with Crippen molar-refractivity contribution in [2.45, 2.75) is 181 Å². The molecular formula is C41H74N2O5. The highest BCUT2D eigenvalue weighted by atomic mass is 16.5. The van der Waals surface area contributed by atoms with Crippen LogP contribution in [0.2, 0.25) is 0 Å². The van der Waals surface area contributed by atoms with E-state index < -0.39 is 6.09 Å². The average molecular weight is 675 g/mol. The first-order chi connectivity index (χ1) is 23.7. The molecular weight excluding hydrogens is 600 g/mol. The summed E-state index contributed by atoms with van der Waals surface area (Å²) >= 11 is 0. The molecule has 0 spiro atoms. The Morgan fingerprint density at radius 1 is 0.583 bits per heavy atom. The Morgan fingerprint density at radius 2 is 1.04 bits per heavy atom. The zero-order chi connectivity index (χ0) is 34.6. The summed E-state index contributed by atoms with van der Waals surface area (Å²) in [6, 6.07) is 9.47. The third kappa shape index (κ3) is 30.0. The van der Waals surface area contributed by atoms with Gasteiger partial charge in [-0.1, -0.05) is 185 Å². The maximum absolute atomic E-state index is 12.4. The van der Waals surface area contributed by atoms with Crippen LogP contribution in [0.25, 0.3) is 0 Å². The molecule has 2 N–H and O–H groups in total. The van der Waals surface area contributed by atoms with Crippen LogP contribution in [0.1, 0.15) is 174 Å². The number of carbonyl (C=O) groups is 2. The van der Waals surface area contributed by atoms with Crippen LogP contribution in [0.15, 0.2) is 30.3 Å². The Bertz CT molecular complexity index is 837. The zero-order valence-electron chi connectivity index (χ0n) is 31.2. The number of rotatable bonds is 35. The van der Waals surface area contributed by atoms with Crippen molar-refractivity contribution in [2.24, 2.45) is 0 Å². The zero-order valence-corrected chi connectivity index (χ0v) is 31.2. The Labute approximate surface area is 295 Å². The molecule has 0 aliphatic carbocycles. The molecule has 7 heteroatoms. The highest BCUT2D eigenvalue weighted by molar-refractivity contribution is 5.82. The van der Waals surface area contributed by atoms with Crippen LogP contribution < -0.4 is 10.6 Å². The lowest BCUT2D eigenvalue weighted by molar-refractivity contribution is -0.121. The fraction of sp³-hybridized carbons (Fsp3) is 0.805. The van der Waals surface area contributed by atoms with Crippen LogP contribution in [-0.2, 0) is 25.6 Å². The standard InChI is InChI=1S/C41H74N2O5/c1-3-5-7-9-11-13-15-17-19-21-23-28-32-46-37-39(47-33-29-24-22-20-18-16-14-12-10-8-6-4-2)34-42-40(44)35-43-41(45)48-36-38-30-26-25-27-31-38/h25-27,30-31,39H,3-24,28-29,32-37H2,1-2H3,(H,42,44)(H,43,45). The van der Waals surface area contributed by atoms with Gasteiger partial charge >= 0.3 is 6.09 Å². The second-order valence-electron chi connectivity index (χ2n) is 13.6. The van der Waals surface area contributed by atoms with Gasteiger partial charge in [0.25, 0.3) is 0 Å². The molecule has 0 aromatic heterocycles. The first-order valence-corrected chi connectivity index (χ1v) is 20.1. The van der Waals surface area contributed by atoms with Gasteiger partial charge in [0.2, 0.25) is 5.91 Å². The quantitative estimate of drug-likeness (QED) is 0.0700. The molecule has 0 saturated carbocycles. The Balaban J connectivity index is 2.21. The van der Waals surface area contributed by atoms with Crippen molar-refractivity contribution in [3.8, 4) is 0 Å². The monoisotopic (exact) mass is 675 g/mol. The first kappa shape index (κ1) is 43.9. The van der Waals surface area contributed by atoms with Crippen molar-refractivity contribution in [2.75, 3.05) is 32.9 Å². The van der Waals surface area contributed by atoms with E-state index in [-0.39, 0.29) is 25.2 Å². The molecule has 1 aromatic rings. The average Bonchev–Trinajstić information content (AvgIpc) is 3.10. The van der Waals surface area contributed by atoms with Crippen LogP contribution >= 0.6 is 0 Å².